The lowest BCUT2D eigenvalue weighted by molar-refractivity contribution is -0.156. The molecule has 1 aliphatic rings. The van der Waals surface area contributed by atoms with Crippen molar-refractivity contribution >= 4 is 5.97 Å². The molecule has 3 rings (SSSR count). The fraction of sp³-hybridized carbons (Fsp3) is 0.444. The van der Waals surface area contributed by atoms with Gasteiger partial charge in [-0.1, -0.05) is 17.3 Å². The van der Waals surface area contributed by atoms with Gasteiger partial charge in [-0.3, -0.25) is 4.79 Å². The SMILES string of the molecule is CCOC(=O)[C@@]1(Cc2cc(-c3cccc(F)c3)no2)CCCNC1. The van der Waals surface area contributed by atoms with E-state index in [1.165, 1.54) is 12.1 Å². The maximum Gasteiger partial charge on any atom is 0.313 e. The first kappa shape index (κ1) is 16.6. The van der Waals surface area contributed by atoms with Crippen molar-refractivity contribution in [2.75, 3.05) is 19.7 Å². The van der Waals surface area contributed by atoms with Crippen molar-refractivity contribution in [3.63, 3.8) is 0 Å². The van der Waals surface area contributed by atoms with Gasteiger partial charge >= 0.3 is 5.97 Å². The molecule has 5 nitrogen and oxygen atoms in total. The summed E-state index contributed by atoms with van der Waals surface area (Å²) in [5.41, 5.74) is 0.580. The van der Waals surface area contributed by atoms with Gasteiger partial charge in [0.1, 0.15) is 17.3 Å². The van der Waals surface area contributed by atoms with Gasteiger partial charge in [-0.15, -0.1) is 0 Å². The van der Waals surface area contributed by atoms with Crippen molar-refractivity contribution in [2.24, 2.45) is 5.41 Å². The number of carbonyl (C=O) groups excluding carboxylic acids is 1. The molecule has 2 heterocycles. The van der Waals surface area contributed by atoms with Crippen LogP contribution in [0.25, 0.3) is 11.3 Å². The van der Waals surface area contributed by atoms with Gasteiger partial charge < -0.3 is 14.6 Å². The van der Waals surface area contributed by atoms with Crippen LogP contribution in [0.2, 0.25) is 0 Å². The average molecular weight is 332 g/mol. The van der Waals surface area contributed by atoms with Crippen molar-refractivity contribution in [2.45, 2.75) is 26.2 Å². The second-order valence-electron chi connectivity index (χ2n) is 6.15. The first-order valence-corrected chi connectivity index (χ1v) is 8.22. The Bertz CT molecular complexity index is 708. The summed E-state index contributed by atoms with van der Waals surface area (Å²) in [6.07, 6.45) is 2.07. The lowest BCUT2D eigenvalue weighted by Crippen LogP contribution is -2.47. The van der Waals surface area contributed by atoms with E-state index in [0.717, 1.165) is 19.4 Å². The van der Waals surface area contributed by atoms with Crippen LogP contribution in [0.3, 0.4) is 0 Å². The fourth-order valence-corrected chi connectivity index (χ4v) is 3.16. The van der Waals surface area contributed by atoms with Gasteiger partial charge in [0.05, 0.1) is 12.0 Å². The standard InChI is InChI=1S/C18H21FN2O3/c1-2-23-17(22)18(7-4-8-20-12-18)11-15-10-16(21-24-15)13-5-3-6-14(19)9-13/h3,5-6,9-10,20H,2,4,7-8,11-12H2,1H3/t18-/m1/s1. The first-order valence-electron chi connectivity index (χ1n) is 8.22. The number of hydrogen-bond donors (Lipinski definition) is 1. The second kappa shape index (κ2) is 7.13. The zero-order valence-electron chi connectivity index (χ0n) is 13.7. The number of carbonyl (C=O) groups is 1. The van der Waals surface area contributed by atoms with E-state index in [2.05, 4.69) is 10.5 Å². The molecule has 0 saturated carbocycles. The first-order chi connectivity index (χ1) is 11.6. The van der Waals surface area contributed by atoms with Gasteiger partial charge in [-0.25, -0.2) is 4.39 Å². The van der Waals surface area contributed by atoms with E-state index < -0.39 is 5.41 Å². The minimum atomic E-state index is -0.632. The van der Waals surface area contributed by atoms with E-state index >= 15 is 0 Å². The molecule has 24 heavy (non-hydrogen) atoms. The zero-order chi connectivity index (χ0) is 17.0. The third-order valence-corrected chi connectivity index (χ3v) is 4.37. The summed E-state index contributed by atoms with van der Waals surface area (Å²) in [4.78, 5) is 12.5. The number of hydrogen-bond acceptors (Lipinski definition) is 5. The second-order valence-corrected chi connectivity index (χ2v) is 6.15. The summed E-state index contributed by atoms with van der Waals surface area (Å²) >= 11 is 0. The Labute approximate surface area is 140 Å². The Balaban J connectivity index is 1.82. The number of benzene rings is 1. The number of rotatable bonds is 5. The smallest absolute Gasteiger partial charge is 0.313 e. The molecule has 1 fully saturated rings. The molecular formula is C18H21FN2O3. The maximum atomic E-state index is 13.4. The molecule has 1 aromatic heterocycles. The number of ether oxygens (including phenoxy) is 1. The lowest BCUT2D eigenvalue weighted by Gasteiger charge is -2.34. The van der Waals surface area contributed by atoms with Crippen LogP contribution in [-0.4, -0.2) is 30.8 Å². The van der Waals surface area contributed by atoms with E-state index in [0.29, 0.717) is 36.6 Å². The van der Waals surface area contributed by atoms with E-state index in [1.807, 2.05) is 0 Å². The molecule has 0 spiro atoms. The lowest BCUT2D eigenvalue weighted by atomic mass is 9.77. The summed E-state index contributed by atoms with van der Waals surface area (Å²) < 4.78 is 24.0. The molecule has 0 amide bonds. The number of aromatic nitrogens is 1. The molecule has 0 bridgehead atoms. The van der Waals surface area contributed by atoms with Gasteiger partial charge in [0.25, 0.3) is 0 Å². The summed E-state index contributed by atoms with van der Waals surface area (Å²) in [6, 6.07) is 7.96. The number of nitrogens with one attached hydrogen (secondary N) is 1. The van der Waals surface area contributed by atoms with Gasteiger partial charge in [-0.2, -0.15) is 0 Å². The molecule has 1 aliphatic heterocycles. The van der Waals surface area contributed by atoms with Crippen LogP contribution in [0, 0.1) is 11.2 Å². The van der Waals surface area contributed by atoms with Crippen molar-refractivity contribution in [1.29, 1.82) is 0 Å². The Kier molecular flexibility index (Phi) is 4.94. The molecule has 1 aromatic carbocycles. The third-order valence-electron chi connectivity index (χ3n) is 4.37. The van der Waals surface area contributed by atoms with Gasteiger partial charge in [0.2, 0.25) is 0 Å². The molecule has 1 atom stereocenters. The molecule has 0 aliphatic carbocycles. The third kappa shape index (κ3) is 3.48. The normalized spacial score (nSPS) is 20.8. The predicted octanol–water partition coefficient (Wildman–Crippen LogP) is 2.96. The molecule has 0 radical (unpaired) electrons. The van der Waals surface area contributed by atoms with Crippen LogP contribution in [0.5, 0.6) is 0 Å². The summed E-state index contributed by atoms with van der Waals surface area (Å²) in [7, 11) is 0. The van der Waals surface area contributed by atoms with E-state index in [1.54, 1.807) is 25.1 Å². The molecular weight excluding hydrogens is 311 g/mol. The van der Waals surface area contributed by atoms with Crippen LogP contribution in [0.15, 0.2) is 34.9 Å². The number of piperidine rings is 1. The monoisotopic (exact) mass is 332 g/mol. The van der Waals surface area contributed by atoms with Crippen LogP contribution >= 0.6 is 0 Å². The van der Waals surface area contributed by atoms with Crippen molar-refractivity contribution in [1.82, 2.24) is 10.5 Å². The predicted molar refractivity (Wildman–Crippen MR) is 86.8 cm³/mol. The fourth-order valence-electron chi connectivity index (χ4n) is 3.16. The highest BCUT2D eigenvalue weighted by molar-refractivity contribution is 5.77. The van der Waals surface area contributed by atoms with Crippen LogP contribution in [0.1, 0.15) is 25.5 Å². The van der Waals surface area contributed by atoms with Gasteiger partial charge in [0.15, 0.2) is 0 Å². The minimum absolute atomic E-state index is 0.207. The highest BCUT2D eigenvalue weighted by atomic mass is 19.1. The quantitative estimate of drug-likeness (QED) is 0.853. The highest BCUT2D eigenvalue weighted by Crippen LogP contribution is 2.33. The molecule has 1 saturated heterocycles. The van der Waals surface area contributed by atoms with E-state index in [4.69, 9.17) is 9.26 Å². The topological polar surface area (TPSA) is 64.4 Å². The largest absolute Gasteiger partial charge is 0.466 e. The molecule has 2 aromatic rings. The van der Waals surface area contributed by atoms with Crippen molar-refractivity contribution in [3.8, 4) is 11.3 Å². The Morgan fingerprint density at radius 3 is 3.04 bits per heavy atom. The van der Waals surface area contributed by atoms with Crippen LogP contribution < -0.4 is 5.32 Å². The van der Waals surface area contributed by atoms with Crippen LogP contribution in [-0.2, 0) is 16.0 Å². The minimum Gasteiger partial charge on any atom is -0.466 e. The van der Waals surface area contributed by atoms with Gasteiger partial charge in [-0.05, 0) is 38.4 Å². The zero-order valence-corrected chi connectivity index (χ0v) is 13.7. The maximum absolute atomic E-state index is 13.4. The van der Waals surface area contributed by atoms with Crippen molar-refractivity contribution in [3.05, 3.63) is 41.9 Å². The Hall–Kier alpha value is -2.21. The van der Waals surface area contributed by atoms with Crippen molar-refractivity contribution < 1.29 is 18.4 Å². The van der Waals surface area contributed by atoms with Gasteiger partial charge in [0, 0.05) is 24.6 Å². The summed E-state index contributed by atoms with van der Waals surface area (Å²) in [5.74, 6) is 0.0726. The van der Waals surface area contributed by atoms with Crippen LogP contribution in [0.4, 0.5) is 4.39 Å². The number of halogens is 1. The summed E-state index contributed by atoms with van der Waals surface area (Å²) in [5, 5.41) is 7.28. The number of nitrogens with zero attached hydrogens (tertiary/aromatic N) is 1. The molecule has 0 unspecified atom stereocenters. The average Bonchev–Trinajstić information content (AvgIpc) is 3.04. The summed E-state index contributed by atoms with van der Waals surface area (Å²) in [6.45, 7) is 3.61. The Morgan fingerprint density at radius 2 is 2.33 bits per heavy atom. The molecule has 1 N–H and O–H groups in total. The Morgan fingerprint density at radius 1 is 1.46 bits per heavy atom. The van der Waals surface area contributed by atoms with E-state index in [-0.39, 0.29) is 11.8 Å². The highest BCUT2D eigenvalue weighted by Gasteiger charge is 2.42. The molecule has 128 valence electrons. The molecule has 6 heteroatoms. The number of esters is 1. The van der Waals surface area contributed by atoms with E-state index in [9.17, 15) is 9.18 Å².